The van der Waals surface area contributed by atoms with Gasteiger partial charge in [-0.05, 0) is 25.5 Å². The van der Waals surface area contributed by atoms with E-state index in [2.05, 4.69) is 5.32 Å². The van der Waals surface area contributed by atoms with Gasteiger partial charge in [0.1, 0.15) is 0 Å². The Morgan fingerprint density at radius 3 is 2.57 bits per heavy atom. The number of hydrogen-bond acceptors (Lipinski definition) is 4. The van der Waals surface area contributed by atoms with Crippen LogP contribution in [-0.4, -0.2) is 44.7 Å². The highest BCUT2D eigenvalue weighted by Gasteiger charge is 2.17. The summed E-state index contributed by atoms with van der Waals surface area (Å²) >= 11 is 6.31. The van der Waals surface area contributed by atoms with Crippen LogP contribution in [0.3, 0.4) is 0 Å². The summed E-state index contributed by atoms with van der Waals surface area (Å²) in [4.78, 5) is 13.7. The number of nitrogens with one attached hydrogen (secondary N) is 1. The maximum Gasteiger partial charge on any atom is 0.239 e. The molecule has 1 aromatic rings. The molecule has 118 valence electrons. The summed E-state index contributed by atoms with van der Waals surface area (Å²) in [6.07, 6.45) is 0. The van der Waals surface area contributed by atoms with Gasteiger partial charge >= 0.3 is 0 Å². The Hall–Kier alpha value is -1.46. The number of amides is 1. The number of hydrogen-bond donors (Lipinski definition) is 1. The first-order chi connectivity index (χ1) is 9.96. The Morgan fingerprint density at radius 1 is 1.38 bits per heavy atom. The quantitative estimate of drug-likeness (QED) is 0.839. The van der Waals surface area contributed by atoms with Crippen molar-refractivity contribution < 1.29 is 14.3 Å². The fourth-order valence-electron chi connectivity index (χ4n) is 1.90. The lowest BCUT2D eigenvalue weighted by Crippen LogP contribution is -2.42. The number of halogens is 1. The van der Waals surface area contributed by atoms with E-state index in [4.69, 9.17) is 21.1 Å². The second kappa shape index (κ2) is 8.10. The molecule has 21 heavy (non-hydrogen) atoms. The molecule has 1 N–H and O–H groups in total. The van der Waals surface area contributed by atoms with Crippen LogP contribution in [0.4, 0.5) is 0 Å². The summed E-state index contributed by atoms with van der Waals surface area (Å²) in [6, 6.07) is 3.38. The Morgan fingerprint density at radius 2 is 2.05 bits per heavy atom. The molecule has 5 nitrogen and oxygen atoms in total. The van der Waals surface area contributed by atoms with Crippen molar-refractivity contribution in [1.29, 1.82) is 0 Å². The lowest BCUT2D eigenvalue weighted by atomic mass is 10.1. The summed E-state index contributed by atoms with van der Waals surface area (Å²) in [6.45, 7) is 4.94. The van der Waals surface area contributed by atoms with E-state index in [1.165, 1.54) is 0 Å². The summed E-state index contributed by atoms with van der Waals surface area (Å²) in [7, 11) is 4.89. The molecule has 0 spiro atoms. The second-order valence-corrected chi connectivity index (χ2v) is 5.11. The number of carbonyl (C=O) groups is 1. The molecule has 6 heteroatoms. The molecule has 0 aromatic heterocycles. The minimum atomic E-state index is -0.279. The van der Waals surface area contributed by atoms with E-state index in [0.29, 0.717) is 29.6 Å². The molecule has 0 saturated heterocycles. The van der Waals surface area contributed by atoms with Crippen LogP contribution in [0.1, 0.15) is 19.4 Å². The lowest BCUT2D eigenvalue weighted by molar-refractivity contribution is -0.131. The van der Waals surface area contributed by atoms with Crippen molar-refractivity contribution in [1.82, 2.24) is 10.2 Å². The molecule has 1 aromatic carbocycles. The van der Waals surface area contributed by atoms with Crippen molar-refractivity contribution in [2.24, 2.45) is 0 Å². The molecule has 0 saturated carbocycles. The highest BCUT2D eigenvalue weighted by Crippen LogP contribution is 2.37. The number of rotatable bonds is 7. The highest BCUT2D eigenvalue weighted by molar-refractivity contribution is 6.33. The third kappa shape index (κ3) is 4.25. The van der Waals surface area contributed by atoms with Crippen LogP contribution in [-0.2, 0) is 11.3 Å². The largest absolute Gasteiger partial charge is 0.493 e. The van der Waals surface area contributed by atoms with Gasteiger partial charge in [0.15, 0.2) is 11.5 Å². The first-order valence-corrected chi connectivity index (χ1v) is 7.21. The fourth-order valence-corrected chi connectivity index (χ4v) is 2.20. The van der Waals surface area contributed by atoms with Crippen LogP contribution in [0.2, 0.25) is 5.02 Å². The van der Waals surface area contributed by atoms with E-state index in [1.807, 2.05) is 19.9 Å². The van der Waals surface area contributed by atoms with Gasteiger partial charge in [0.25, 0.3) is 0 Å². The number of likely N-dealkylation sites (N-methyl/N-ethyl adjacent to an activating group) is 1. The van der Waals surface area contributed by atoms with Gasteiger partial charge < -0.3 is 19.7 Å². The number of nitrogens with zero attached hydrogens (tertiary/aromatic N) is 1. The molecule has 1 unspecified atom stereocenters. The second-order valence-electron chi connectivity index (χ2n) is 4.73. The van der Waals surface area contributed by atoms with Gasteiger partial charge in [-0.3, -0.25) is 4.79 Å². The summed E-state index contributed by atoms with van der Waals surface area (Å²) in [5.74, 6) is 1.14. The maximum absolute atomic E-state index is 12.0. The predicted molar refractivity (Wildman–Crippen MR) is 84.2 cm³/mol. The van der Waals surface area contributed by atoms with Crippen LogP contribution in [0, 0.1) is 0 Å². The van der Waals surface area contributed by atoms with E-state index in [-0.39, 0.29) is 11.9 Å². The normalized spacial score (nSPS) is 11.9. The SMILES string of the molecule is CCN(C)C(=O)C(C)NCc1ccc(OC)c(OC)c1Cl. The first-order valence-electron chi connectivity index (χ1n) is 6.83. The molecular formula is C15H23ClN2O3. The standard InChI is InChI=1S/C15H23ClN2O3/c1-6-18(3)15(19)10(2)17-9-11-7-8-12(20-4)14(21-5)13(11)16/h7-8,10,17H,6,9H2,1-5H3. The molecule has 0 aliphatic carbocycles. The van der Waals surface area contributed by atoms with Gasteiger partial charge in [0.05, 0.1) is 25.3 Å². The van der Waals surface area contributed by atoms with Gasteiger partial charge in [0.2, 0.25) is 5.91 Å². The molecule has 1 amide bonds. The zero-order valence-electron chi connectivity index (χ0n) is 13.2. The summed E-state index contributed by atoms with van der Waals surface area (Å²) in [5, 5.41) is 3.66. The summed E-state index contributed by atoms with van der Waals surface area (Å²) < 4.78 is 10.4. The summed E-state index contributed by atoms with van der Waals surface area (Å²) in [5.41, 5.74) is 0.855. The Labute approximate surface area is 131 Å². The van der Waals surface area contributed by atoms with Crippen molar-refractivity contribution in [3.8, 4) is 11.5 Å². The Balaban J connectivity index is 2.78. The highest BCUT2D eigenvalue weighted by atomic mass is 35.5. The van der Waals surface area contributed by atoms with E-state index >= 15 is 0 Å². The van der Waals surface area contributed by atoms with Crippen molar-refractivity contribution >= 4 is 17.5 Å². The van der Waals surface area contributed by atoms with E-state index in [9.17, 15) is 4.79 Å². The van der Waals surface area contributed by atoms with Crippen molar-refractivity contribution in [2.45, 2.75) is 26.4 Å². The predicted octanol–water partition coefficient (Wildman–Crippen LogP) is 2.31. The number of benzene rings is 1. The molecule has 0 aliphatic rings. The number of carbonyl (C=O) groups excluding carboxylic acids is 1. The molecule has 0 heterocycles. The van der Waals surface area contributed by atoms with Crippen molar-refractivity contribution in [3.63, 3.8) is 0 Å². The van der Waals surface area contributed by atoms with Gasteiger partial charge in [-0.2, -0.15) is 0 Å². The van der Waals surface area contributed by atoms with E-state index in [1.54, 1.807) is 32.2 Å². The molecule has 0 radical (unpaired) electrons. The minimum Gasteiger partial charge on any atom is -0.493 e. The van der Waals surface area contributed by atoms with Gasteiger partial charge in [-0.15, -0.1) is 0 Å². The van der Waals surface area contributed by atoms with Crippen molar-refractivity contribution in [2.75, 3.05) is 27.8 Å². The van der Waals surface area contributed by atoms with E-state index in [0.717, 1.165) is 5.56 Å². The average molecular weight is 315 g/mol. The minimum absolute atomic E-state index is 0.0501. The average Bonchev–Trinajstić information content (AvgIpc) is 2.51. The molecule has 0 bridgehead atoms. The molecule has 1 atom stereocenters. The fraction of sp³-hybridized carbons (Fsp3) is 0.533. The van der Waals surface area contributed by atoms with Crippen molar-refractivity contribution in [3.05, 3.63) is 22.7 Å². The number of ether oxygens (including phenoxy) is 2. The van der Waals surface area contributed by atoms with Crippen LogP contribution >= 0.6 is 11.6 Å². The monoisotopic (exact) mass is 314 g/mol. The van der Waals surface area contributed by atoms with Crippen LogP contribution < -0.4 is 14.8 Å². The third-order valence-electron chi connectivity index (χ3n) is 3.38. The molecule has 1 rings (SSSR count). The van der Waals surface area contributed by atoms with Gasteiger partial charge in [-0.1, -0.05) is 17.7 Å². The van der Waals surface area contributed by atoms with Crippen LogP contribution in [0.15, 0.2) is 12.1 Å². The smallest absolute Gasteiger partial charge is 0.239 e. The third-order valence-corrected chi connectivity index (χ3v) is 3.80. The lowest BCUT2D eigenvalue weighted by Gasteiger charge is -2.21. The van der Waals surface area contributed by atoms with Crippen LogP contribution in [0.25, 0.3) is 0 Å². The molecule has 0 fully saturated rings. The Bertz CT molecular complexity index is 494. The zero-order valence-corrected chi connectivity index (χ0v) is 14.0. The number of methoxy groups -OCH3 is 2. The first kappa shape index (κ1) is 17.6. The van der Waals surface area contributed by atoms with Gasteiger partial charge in [-0.25, -0.2) is 0 Å². The van der Waals surface area contributed by atoms with E-state index < -0.39 is 0 Å². The Kier molecular flexibility index (Phi) is 6.78. The zero-order chi connectivity index (χ0) is 16.0. The van der Waals surface area contributed by atoms with Gasteiger partial charge in [0, 0.05) is 20.1 Å². The maximum atomic E-state index is 12.0. The topological polar surface area (TPSA) is 50.8 Å². The molecule has 0 aliphatic heterocycles. The van der Waals surface area contributed by atoms with Crippen LogP contribution in [0.5, 0.6) is 11.5 Å². The molecular weight excluding hydrogens is 292 g/mol.